The highest BCUT2D eigenvalue weighted by molar-refractivity contribution is 5.70. The highest BCUT2D eigenvalue weighted by Crippen LogP contribution is 2.28. The van der Waals surface area contributed by atoms with Crippen LogP contribution in [0.3, 0.4) is 0 Å². The number of rotatable bonds is 4. The van der Waals surface area contributed by atoms with Crippen molar-refractivity contribution in [1.29, 1.82) is 0 Å². The number of aryl methyl sites for hydroxylation is 2. The van der Waals surface area contributed by atoms with Crippen LogP contribution in [0, 0.1) is 13.8 Å². The van der Waals surface area contributed by atoms with Crippen molar-refractivity contribution in [3.8, 4) is 5.75 Å². The lowest BCUT2D eigenvalue weighted by Gasteiger charge is -2.14. The van der Waals surface area contributed by atoms with Gasteiger partial charge in [0.15, 0.2) is 0 Å². The standard InChI is InChI=1S/C19H20O/c1-13(2)18-8-6-7-9-19(18)20-16(5)17-11-10-14(3)15(4)12-17/h6-12H,1,5H2,2-4H3. The van der Waals surface area contributed by atoms with Crippen LogP contribution in [0.1, 0.15) is 29.2 Å². The Morgan fingerprint density at radius 1 is 0.950 bits per heavy atom. The van der Waals surface area contributed by atoms with E-state index in [0.717, 1.165) is 22.4 Å². The minimum atomic E-state index is 0.654. The highest BCUT2D eigenvalue weighted by atomic mass is 16.5. The summed E-state index contributed by atoms with van der Waals surface area (Å²) in [5, 5.41) is 0. The van der Waals surface area contributed by atoms with Gasteiger partial charge in [-0.2, -0.15) is 0 Å². The third-order valence-corrected chi connectivity index (χ3v) is 3.41. The van der Waals surface area contributed by atoms with E-state index in [-0.39, 0.29) is 0 Å². The van der Waals surface area contributed by atoms with Crippen molar-refractivity contribution in [3.63, 3.8) is 0 Å². The van der Waals surface area contributed by atoms with Crippen molar-refractivity contribution >= 4 is 11.3 Å². The van der Waals surface area contributed by atoms with E-state index in [1.54, 1.807) is 0 Å². The molecule has 0 fully saturated rings. The van der Waals surface area contributed by atoms with Gasteiger partial charge < -0.3 is 4.74 Å². The fourth-order valence-electron chi connectivity index (χ4n) is 2.01. The molecule has 2 aromatic carbocycles. The summed E-state index contributed by atoms with van der Waals surface area (Å²) in [6.45, 7) is 14.2. The van der Waals surface area contributed by atoms with Gasteiger partial charge in [-0.05, 0) is 49.6 Å². The highest BCUT2D eigenvalue weighted by Gasteiger charge is 2.07. The summed E-state index contributed by atoms with van der Waals surface area (Å²) in [4.78, 5) is 0. The average Bonchev–Trinajstić information content (AvgIpc) is 2.42. The molecule has 102 valence electrons. The van der Waals surface area contributed by atoms with Gasteiger partial charge in [-0.3, -0.25) is 0 Å². The van der Waals surface area contributed by atoms with Crippen LogP contribution >= 0.6 is 0 Å². The SMILES string of the molecule is C=C(Oc1ccccc1C(=C)C)c1ccc(C)c(C)c1. The lowest BCUT2D eigenvalue weighted by molar-refractivity contribution is 0.515. The van der Waals surface area contributed by atoms with E-state index in [1.807, 2.05) is 37.3 Å². The molecule has 0 unspecified atom stereocenters. The van der Waals surface area contributed by atoms with E-state index in [2.05, 4.69) is 39.1 Å². The predicted octanol–water partition coefficient (Wildman–Crippen LogP) is 5.39. The molecule has 0 aliphatic rings. The Morgan fingerprint density at radius 2 is 1.65 bits per heavy atom. The van der Waals surface area contributed by atoms with Gasteiger partial charge in [0, 0.05) is 11.1 Å². The normalized spacial score (nSPS) is 10.2. The first-order chi connectivity index (χ1) is 9.49. The van der Waals surface area contributed by atoms with E-state index >= 15 is 0 Å². The summed E-state index contributed by atoms with van der Waals surface area (Å²) in [6, 6.07) is 14.1. The van der Waals surface area contributed by atoms with E-state index in [0.29, 0.717) is 5.76 Å². The molecule has 0 heterocycles. The van der Waals surface area contributed by atoms with Crippen molar-refractivity contribution in [2.24, 2.45) is 0 Å². The molecule has 0 bridgehead atoms. The molecule has 1 nitrogen and oxygen atoms in total. The Bertz CT molecular complexity index is 665. The van der Waals surface area contributed by atoms with Crippen LogP contribution in [-0.4, -0.2) is 0 Å². The Kier molecular flexibility index (Phi) is 4.09. The zero-order valence-corrected chi connectivity index (χ0v) is 12.4. The Labute approximate surface area is 121 Å². The summed E-state index contributed by atoms with van der Waals surface area (Å²) in [6.07, 6.45) is 0. The molecule has 0 radical (unpaired) electrons. The van der Waals surface area contributed by atoms with Crippen molar-refractivity contribution in [1.82, 2.24) is 0 Å². The summed E-state index contributed by atoms with van der Waals surface area (Å²) in [5.74, 6) is 1.45. The monoisotopic (exact) mass is 264 g/mol. The zero-order valence-electron chi connectivity index (χ0n) is 12.4. The second-order valence-electron chi connectivity index (χ2n) is 5.10. The molecule has 0 spiro atoms. The van der Waals surface area contributed by atoms with Gasteiger partial charge in [0.2, 0.25) is 0 Å². The van der Waals surface area contributed by atoms with Crippen LogP contribution in [0.2, 0.25) is 0 Å². The molecule has 2 aromatic rings. The molecule has 0 saturated heterocycles. The molecule has 0 atom stereocenters. The van der Waals surface area contributed by atoms with Crippen LogP contribution in [0.5, 0.6) is 5.75 Å². The maximum Gasteiger partial charge on any atom is 0.134 e. The summed E-state index contributed by atoms with van der Waals surface area (Å²) in [5.41, 5.74) is 5.50. The van der Waals surface area contributed by atoms with Crippen LogP contribution in [0.25, 0.3) is 11.3 Å². The van der Waals surface area contributed by atoms with E-state index in [9.17, 15) is 0 Å². The van der Waals surface area contributed by atoms with Gasteiger partial charge in [0.05, 0.1) is 0 Å². The molecule has 0 N–H and O–H groups in total. The van der Waals surface area contributed by atoms with E-state index < -0.39 is 0 Å². The smallest absolute Gasteiger partial charge is 0.134 e. The molecule has 0 amide bonds. The number of ether oxygens (including phenoxy) is 1. The van der Waals surface area contributed by atoms with Gasteiger partial charge in [-0.1, -0.05) is 43.5 Å². The predicted molar refractivity (Wildman–Crippen MR) is 86.7 cm³/mol. The van der Waals surface area contributed by atoms with E-state index in [1.165, 1.54) is 11.1 Å². The molecule has 1 heteroatoms. The van der Waals surface area contributed by atoms with Crippen LogP contribution in [0.4, 0.5) is 0 Å². The minimum Gasteiger partial charge on any atom is -0.457 e. The molecular formula is C19H20O. The molecule has 20 heavy (non-hydrogen) atoms. The van der Waals surface area contributed by atoms with Crippen LogP contribution in [0.15, 0.2) is 55.6 Å². The Balaban J connectivity index is 2.28. The third-order valence-electron chi connectivity index (χ3n) is 3.41. The second-order valence-corrected chi connectivity index (χ2v) is 5.10. The first kappa shape index (κ1) is 14.1. The maximum atomic E-state index is 5.93. The van der Waals surface area contributed by atoms with E-state index in [4.69, 9.17) is 4.74 Å². The van der Waals surface area contributed by atoms with Gasteiger partial charge in [0.1, 0.15) is 11.5 Å². The first-order valence-corrected chi connectivity index (χ1v) is 6.68. The molecular weight excluding hydrogens is 244 g/mol. The number of hydrogen-bond acceptors (Lipinski definition) is 1. The summed E-state index contributed by atoms with van der Waals surface area (Å²) >= 11 is 0. The van der Waals surface area contributed by atoms with Crippen molar-refractivity contribution in [3.05, 3.63) is 77.9 Å². The van der Waals surface area contributed by atoms with Gasteiger partial charge >= 0.3 is 0 Å². The summed E-state index contributed by atoms with van der Waals surface area (Å²) in [7, 11) is 0. The zero-order chi connectivity index (χ0) is 14.7. The van der Waals surface area contributed by atoms with Crippen molar-refractivity contribution in [2.75, 3.05) is 0 Å². The lowest BCUT2D eigenvalue weighted by atomic mass is 10.1. The number of allylic oxidation sites excluding steroid dienone is 1. The molecule has 0 saturated carbocycles. The van der Waals surface area contributed by atoms with Crippen LogP contribution < -0.4 is 4.74 Å². The average molecular weight is 264 g/mol. The Morgan fingerprint density at radius 3 is 2.30 bits per heavy atom. The van der Waals surface area contributed by atoms with Gasteiger partial charge in [-0.15, -0.1) is 0 Å². The number of hydrogen-bond donors (Lipinski definition) is 0. The lowest BCUT2D eigenvalue weighted by Crippen LogP contribution is -1.97. The fourth-order valence-corrected chi connectivity index (χ4v) is 2.01. The van der Waals surface area contributed by atoms with Crippen LogP contribution in [-0.2, 0) is 0 Å². The molecule has 0 aliphatic carbocycles. The largest absolute Gasteiger partial charge is 0.457 e. The number of para-hydroxylation sites is 1. The quantitative estimate of drug-likeness (QED) is 0.673. The van der Waals surface area contributed by atoms with Gasteiger partial charge in [-0.25, -0.2) is 0 Å². The topological polar surface area (TPSA) is 9.23 Å². The van der Waals surface area contributed by atoms with Crippen molar-refractivity contribution in [2.45, 2.75) is 20.8 Å². The Hall–Kier alpha value is -2.28. The third kappa shape index (κ3) is 3.00. The van der Waals surface area contributed by atoms with Gasteiger partial charge in [0.25, 0.3) is 0 Å². The number of benzene rings is 2. The molecule has 0 aromatic heterocycles. The fraction of sp³-hybridized carbons (Fsp3) is 0.158. The molecule has 2 rings (SSSR count). The second kappa shape index (κ2) is 5.79. The minimum absolute atomic E-state index is 0.654. The first-order valence-electron chi connectivity index (χ1n) is 6.68. The van der Waals surface area contributed by atoms with Crippen molar-refractivity contribution < 1.29 is 4.74 Å². The maximum absolute atomic E-state index is 5.93. The summed E-state index contributed by atoms with van der Waals surface area (Å²) < 4.78 is 5.93. The molecule has 0 aliphatic heterocycles.